The quantitative estimate of drug-likeness (QED) is 0.362. The van der Waals surface area contributed by atoms with Gasteiger partial charge in [-0.25, -0.2) is 4.31 Å². The fourth-order valence-corrected chi connectivity index (χ4v) is 2.33. The van der Waals surface area contributed by atoms with Gasteiger partial charge in [-0.15, -0.1) is 0 Å². The highest BCUT2D eigenvalue weighted by Crippen LogP contribution is 2.19. The Morgan fingerprint density at radius 1 is 1.77 bits per heavy atom. The number of hydrogen-bond donors (Lipinski definition) is 1. The molecular formula is C7H10IN3OS. The van der Waals surface area contributed by atoms with Crippen LogP contribution in [0.25, 0.3) is 0 Å². The van der Waals surface area contributed by atoms with Crippen molar-refractivity contribution in [1.82, 2.24) is 4.31 Å². The molecule has 0 radical (unpaired) electrons. The first-order valence-electron chi connectivity index (χ1n) is 3.75. The minimum absolute atomic E-state index is 0.235. The molecule has 0 fully saturated rings. The van der Waals surface area contributed by atoms with E-state index < -0.39 is 0 Å². The summed E-state index contributed by atoms with van der Waals surface area (Å²) in [5, 5.41) is 0. The van der Waals surface area contributed by atoms with Crippen LogP contribution >= 0.6 is 30.3 Å². The van der Waals surface area contributed by atoms with Crippen LogP contribution in [-0.2, 0) is 4.79 Å². The lowest BCUT2D eigenvalue weighted by Crippen LogP contribution is -2.29. The molecule has 1 aliphatic rings. The number of hydrogen-bond acceptors (Lipinski definition) is 5. The van der Waals surface area contributed by atoms with Gasteiger partial charge in [0.1, 0.15) is 0 Å². The van der Waals surface area contributed by atoms with Gasteiger partial charge in [0.2, 0.25) is 0 Å². The normalized spacial score (nSPS) is 19.8. The predicted molar refractivity (Wildman–Crippen MR) is 63.8 cm³/mol. The van der Waals surface area contributed by atoms with Crippen molar-refractivity contribution in [3.63, 3.8) is 0 Å². The molecular weight excluding hydrogens is 301 g/mol. The lowest BCUT2D eigenvalue weighted by Gasteiger charge is -2.21. The van der Waals surface area contributed by atoms with Crippen molar-refractivity contribution in [1.29, 1.82) is 0 Å². The second kappa shape index (κ2) is 5.61. The molecule has 0 aromatic rings. The summed E-state index contributed by atoms with van der Waals surface area (Å²) in [4.78, 5) is 14.5. The zero-order valence-electron chi connectivity index (χ0n) is 6.94. The second-order valence-corrected chi connectivity index (χ2v) is 4.40. The van der Waals surface area contributed by atoms with Crippen molar-refractivity contribution in [2.45, 2.75) is 0 Å². The van der Waals surface area contributed by atoms with Crippen LogP contribution in [0.2, 0.25) is 0 Å². The number of halogens is 1. The van der Waals surface area contributed by atoms with Gasteiger partial charge in [0.15, 0.2) is 6.29 Å². The van der Waals surface area contributed by atoms with Gasteiger partial charge in [-0.05, 0) is 15.2 Å². The molecule has 1 rings (SSSR count). The number of carbonyl (C=O) groups is 1. The van der Waals surface area contributed by atoms with Crippen LogP contribution in [0.5, 0.6) is 0 Å². The highest BCUT2D eigenvalue weighted by atomic mass is 127. The Morgan fingerprint density at radius 2 is 2.54 bits per heavy atom. The van der Waals surface area contributed by atoms with Gasteiger partial charge in [-0.3, -0.25) is 9.79 Å². The van der Waals surface area contributed by atoms with E-state index in [2.05, 4.69) is 30.5 Å². The zero-order chi connectivity index (χ0) is 9.68. The standard InChI is InChI=1S/C7H10IN3OS/c8-13-11-2-1-10-7(4-11)3-6(9)5-12/h3,5H,1-2,4,9H2/b6-3-. The minimum atomic E-state index is 0.235. The Hall–Kier alpha value is -0.0800. The van der Waals surface area contributed by atoms with E-state index in [1.165, 1.54) is 0 Å². The number of allylic oxidation sites excluding steroid dienone is 1. The number of nitrogens with zero attached hydrogens (tertiary/aromatic N) is 2. The van der Waals surface area contributed by atoms with Crippen LogP contribution < -0.4 is 5.73 Å². The van der Waals surface area contributed by atoms with E-state index in [1.54, 1.807) is 15.2 Å². The van der Waals surface area contributed by atoms with Crippen LogP contribution in [-0.4, -0.2) is 35.9 Å². The average Bonchev–Trinajstić information content (AvgIpc) is 2.18. The molecule has 0 bridgehead atoms. The summed E-state index contributed by atoms with van der Waals surface area (Å²) >= 11 is 2.23. The highest BCUT2D eigenvalue weighted by Gasteiger charge is 2.11. The second-order valence-electron chi connectivity index (χ2n) is 2.57. The van der Waals surface area contributed by atoms with E-state index in [1.807, 2.05) is 0 Å². The lowest BCUT2D eigenvalue weighted by atomic mass is 10.2. The molecule has 0 aromatic carbocycles. The number of carbonyl (C=O) groups excluding carboxylic acids is 1. The van der Waals surface area contributed by atoms with E-state index in [4.69, 9.17) is 5.73 Å². The van der Waals surface area contributed by atoms with Crippen LogP contribution in [0.15, 0.2) is 16.8 Å². The Labute approximate surface area is 93.4 Å². The van der Waals surface area contributed by atoms with Crippen LogP contribution in [0.4, 0.5) is 0 Å². The van der Waals surface area contributed by atoms with Crippen LogP contribution in [0.3, 0.4) is 0 Å². The van der Waals surface area contributed by atoms with E-state index in [9.17, 15) is 4.79 Å². The highest BCUT2D eigenvalue weighted by molar-refractivity contribution is 14.2. The molecule has 2 N–H and O–H groups in total. The van der Waals surface area contributed by atoms with Crippen LogP contribution in [0, 0.1) is 0 Å². The molecule has 0 unspecified atom stereocenters. The van der Waals surface area contributed by atoms with Crippen molar-refractivity contribution in [3.8, 4) is 0 Å². The molecule has 4 nitrogen and oxygen atoms in total. The molecule has 0 spiro atoms. The number of aldehydes is 1. The maximum Gasteiger partial charge on any atom is 0.165 e. The fraction of sp³-hybridized carbons (Fsp3) is 0.429. The Balaban J connectivity index is 2.60. The summed E-state index contributed by atoms with van der Waals surface area (Å²) in [5.41, 5.74) is 6.49. The van der Waals surface area contributed by atoms with E-state index >= 15 is 0 Å². The third-order valence-corrected chi connectivity index (χ3v) is 3.75. The summed E-state index contributed by atoms with van der Waals surface area (Å²) in [6.45, 7) is 2.47. The van der Waals surface area contributed by atoms with Gasteiger partial charge in [0.05, 0.1) is 24.5 Å². The molecule has 1 heterocycles. The van der Waals surface area contributed by atoms with Crippen molar-refractivity contribution in [2.75, 3.05) is 19.6 Å². The van der Waals surface area contributed by atoms with Crippen molar-refractivity contribution >= 4 is 42.3 Å². The summed E-state index contributed by atoms with van der Waals surface area (Å²) in [6.07, 6.45) is 2.27. The smallest absolute Gasteiger partial charge is 0.165 e. The maximum atomic E-state index is 10.3. The van der Waals surface area contributed by atoms with E-state index in [0.717, 1.165) is 25.3 Å². The first-order valence-corrected chi connectivity index (χ1v) is 7.07. The van der Waals surface area contributed by atoms with E-state index in [-0.39, 0.29) is 5.70 Å². The van der Waals surface area contributed by atoms with E-state index in [0.29, 0.717) is 6.29 Å². The van der Waals surface area contributed by atoms with Crippen molar-refractivity contribution in [2.24, 2.45) is 10.7 Å². The van der Waals surface area contributed by atoms with Gasteiger partial charge in [-0.2, -0.15) is 0 Å². The number of aliphatic imine (C=N–C) groups is 1. The van der Waals surface area contributed by atoms with Gasteiger partial charge in [0.25, 0.3) is 0 Å². The molecule has 0 aromatic heterocycles. The Kier molecular flexibility index (Phi) is 4.74. The summed E-state index contributed by atoms with van der Waals surface area (Å²) in [6, 6.07) is 0. The van der Waals surface area contributed by atoms with Crippen molar-refractivity contribution < 1.29 is 4.79 Å². The number of rotatable bonds is 3. The SMILES string of the molecule is N/C(C=O)=C\C1=NCCN(SI)C1. The largest absolute Gasteiger partial charge is 0.396 e. The monoisotopic (exact) mass is 311 g/mol. The minimum Gasteiger partial charge on any atom is -0.396 e. The Bertz CT molecular complexity index is 254. The average molecular weight is 311 g/mol. The first kappa shape index (κ1) is 11.0. The number of nitrogens with two attached hydrogens (primary N) is 1. The van der Waals surface area contributed by atoms with Crippen LogP contribution in [0.1, 0.15) is 0 Å². The third-order valence-electron chi connectivity index (χ3n) is 1.57. The van der Waals surface area contributed by atoms with Gasteiger partial charge < -0.3 is 5.73 Å². The zero-order valence-corrected chi connectivity index (χ0v) is 9.92. The summed E-state index contributed by atoms with van der Waals surface area (Å²) < 4.78 is 2.16. The fourth-order valence-electron chi connectivity index (χ4n) is 0.991. The van der Waals surface area contributed by atoms with Gasteiger partial charge >= 0.3 is 0 Å². The molecule has 0 amide bonds. The van der Waals surface area contributed by atoms with Crippen molar-refractivity contribution in [3.05, 3.63) is 11.8 Å². The molecule has 0 atom stereocenters. The van der Waals surface area contributed by atoms with Gasteiger partial charge in [0, 0.05) is 27.8 Å². The first-order chi connectivity index (χ1) is 6.26. The summed E-state index contributed by atoms with van der Waals surface area (Å²) in [5.74, 6) is 0. The van der Waals surface area contributed by atoms with Gasteiger partial charge in [-0.1, -0.05) is 0 Å². The molecule has 1 aliphatic heterocycles. The third kappa shape index (κ3) is 3.65. The topological polar surface area (TPSA) is 58.7 Å². The summed E-state index contributed by atoms with van der Waals surface area (Å²) in [7, 11) is 1.65. The lowest BCUT2D eigenvalue weighted by molar-refractivity contribution is -0.104. The maximum absolute atomic E-state index is 10.3. The molecule has 13 heavy (non-hydrogen) atoms. The Morgan fingerprint density at radius 3 is 3.15 bits per heavy atom. The predicted octanol–water partition coefficient (Wildman–Crippen LogP) is 0.783. The molecule has 0 aliphatic carbocycles. The molecule has 0 saturated carbocycles. The molecule has 72 valence electrons. The molecule has 0 saturated heterocycles. The molecule has 6 heteroatoms.